The number of halogens is 2. The van der Waals surface area contributed by atoms with E-state index in [2.05, 4.69) is 37.2 Å². The molecule has 1 amide bonds. The van der Waals surface area contributed by atoms with E-state index >= 15 is 0 Å². The monoisotopic (exact) mass is 406 g/mol. The Morgan fingerprint density at radius 3 is 2.35 bits per heavy atom. The van der Waals surface area contributed by atoms with Gasteiger partial charge in [-0.1, -0.05) is 0 Å². The van der Waals surface area contributed by atoms with E-state index in [9.17, 15) is 4.79 Å². The molecule has 4 nitrogen and oxygen atoms in total. The zero-order valence-corrected chi connectivity index (χ0v) is 15.1. The van der Waals surface area contributed by atoms with Crippen LogP contribution in [0.5, 0.6) is 0 Å². The Hall–Kier alpha value is -0.430. The van der Waals surface area contributed by atoms with E-state index in [1.807, 2.05) is 37.8 Å². The van der Waals surface area contributed by atoms with Crippen LogP contribution in [0.3, 0.4) is 0 Å². The van der Waals surface area contributed by atoms with E-state index in [0.717, 1.165) is 20.2 Å². The molecule has 0 spiro atoms. The standard InChI is InChI=1S/C14H20Br2N2O2/c1-9(2)18(4-5-19)8-13(20)17-14-11(15)6-10(3)7-12(14)16/h6-7,9,19H,4-5,8H2,1-3H3,(H,17,20). The first kappa shape index (κ1) is 17.6. The fraction of sp³-hybridized carbons (Fsp3) is 0.500. The minimum absolute atomic E-state index is 0.0450. The van der Waals surface area contributed by atoms with E-state index in [-0.39, 0.29) is 25.1 Å². The summed E-state index contributed by atoms with van der Waals surface area (Å²) < 4.78 is 1.69. The van der Waals surface area contributed by atoms with Gasteiger partial charge in [-0.2, -0.15) is 0 Å². The van der Waals surface area contributed by atoms with Gasteiger partial charge >= 0.3 is 0 Å². The molecule has 1 rings (SSSR count). The molecule has 0 radical (unpaired) electrons. The summed E-state index contributed by atoms with van der Waals surface area (Å²) in [6.45, 7) is 6.78. The average molecular weight is 408 g/mol. The van der Waals surface area contributed by atoms with Crippen molar-refractivity contribution >= 4 is 43.5 Å². The van der Waals surface area contributed by atoms with Crippen LogP contribution >= 0.6 is 31.9 Å². The van der Waals surface area contributed by atoms with Gasteiger partial charge < -0.3 is 10.4 Å². The van der Waals surface area contributed by atoms with Crippen molar-refractivity contribution in [2.75, 3.05) is 25.0 Å². The van der Waals surface area contributed by atoms with Gasteiger partial charge in [0.1, 0.15) is 0 Å². The minimum Gasteiger partial charge on any atom is -0.395 e. The van der Waals surface area contributed by atoms with Crippen molar-refractivity contribution in [2.24, 2.45) is 0 Å². The van der Waals surface area contributed by atoms with Gasteiger partial charge in [-0.05, 0) is 70.3 Å². The number of amides is 1. The molecule has 0 heterocycles. The number of nitrogens with zero attached hydrogens (tertiary/aromatic N) is 1. The van der Waals surface area contributed by atoms with Crippen molar-refractivity contribution in [3.8, 4) is 0 Å². The Kier molecular flexibility index (Phi) is 7.15. The summed E-state index contributed by atoms with van der Waals surface area (Å²) in [6.07, 6.45) is 0. The van der Waals surface area contributed by atoms with Crippen LogP contribution in [0.4, 0.5) is 5.69 Å². The molecular formula is C14H20Br2N2O2. The molecule has 6 heteroatoms. The van der Waals surface area contributed by atoms with Crippen molar-refractivity contribution in [2.45, 2.75) is 26.8 Å². The van der Waals surface area contributed by atoms with Gasteiger partial charge in [0.05, 0.1) is 18.8 Å². The van der Waals surface area contributed by atoms with E-state index in [1.165, 1.54) is 0 Å². The second-order valence-corrected chi connectivity index (χ2v) is 6.65. The number of rotatable bonds is 6. The molecular weight excluding hydrogens is 388 g/mol. The zero-order valence-electron chi connectivity index (χ0n) is 11.9. The number of carbonyl (C=O) groups excluding carboxylic acids is 1. The van der Waals surface area contributed by atoms with Crippen LogP contribution in [0.1, 0.15) is 19.4 Å². The average Bonchev–Trinajstić information content (AvgIpc) is 2.33. The van der Waals surface area contributed by atoms with Gasteiger partial charge in [-0.3, -0.25) is 9.69 Å². The third-order valence-corrected chi connectivity index (χ3v) is 4.17. The first-order valence-electron chi connectivity index (χ1n) is 6.45. The molecule has 0 unspecified atom stereocenters. The summed E-state index contributed by atoms with van der Waals surface area (Å²) in [4.78, 5) is 14.0. The smallest absolute Gasteiger partial charge is 0.238 e. The summed E-state index contributed by atoms with van der Waals surface area (Å²) in [5, 5.41) is 11.9. The highest BCUT2D eigenvalue weighted by Gasteiger charge is 2.15. The van der Waals surface area contributed by atoms with Crippen LogP contribution in [0, 0.1) is 6.92 Å². The first-order valence-corrected chi connectivity index (χ1v) is 8.04. The SMILES string of the molecule is Cc1cc(Br)c(NC(=O)CN(CCO)C(C)C)c(Br)c1. The number of nitrogens with one attached hydrogen (secondary N) is 1. The lowest BCUT2D eigenvalue weighted by atomic mass is 10.2. The highest BCUT2D eigenvalue weighted by molar-refractivity contribution is 9.11. The van der Waals surface area contributed by atoms with Crippen molar-refractivity contribution < 1.29 is 9.90 Å². The quantitative estimate of drug-likeness (QED) is 0.761. The number of aliphatic hydroxyl groups is 1. The van der Waals surface area contributed by atoms with Crippen molar-refractivity contribution in [3.63, 3.8) is 0 Å². The lowest BCUT2D eigenvalue weighted by Gasteiger charge is -2.25. The topological polar surface area (TPSA) is 52.6 Å². The second kappa shape index (κ2) is 8.12. The number of hydrogen-bond donors (Lipinski definition) is 2. The molecule has 20 heavy (non-hydrogen) atoms. The Bertz CT molecular complexity index is 455. The van der Waals surface area contributed by atoms with Crippen LogP contribution in [-0.4, -0.2) is 41.7 Å². The third-order valence-electron chi connectivity index (χ3n) is 2.92. The Morgan fingerprint density at radius 1 is 1.35 bits per heavy atom. The van der Waals surface area contributed by atoms with Crippen LogP contribution in [0.15, 0.2) is 21.1 Å². The van der Waals surface area contributed by atoms with Gasteiger partial charge in [-0.25, -0.2) is 0 Å². The van der Waals surface area contributed by atoms with Gasteiger partial charge in [0.25, 0.3) is 0 Å². The second-order valence-electron chi connectivity index (χ2n) is 4.94. The summed E-state index contributed by atoms with van der Waals surface area (Å²) in [5.74, 6) is -0.0996. The molecule has 0 aromatic heterocycles. The molecule has 112 valence electrons. The highest BCUT2D eigenvalue weighted by atomic mass is 79.9. The van der Waals surface area contributed by atoms with Crippen LogP contribution in [-0.2, 0) is 4.79 Å². The molecule has 0 saturated carbocycles. The summed E-state index contributed by atoms with van der Waals surface area (Å²) in [7, 11) is 0. The molecule has 1 aromatic carbocycles. The third kappa shape index (κ3) is 5.16. The van der Waals surface area contributed by atoms with Gasteiger partial charge in [0.15, 0.2) is 0 Å². The molecule has 0 aliphatic heterocycles. The van der Waals surface area contributed by atoms with Crippen molar-refractivity contribution in [1.29, 1.82) is 0 Å². The Balaban J connectivity index is 2.76. The predicted octanol–water partition coefficient (Wildman–Crippen LogP) is 3.16. The molecule has 0 fully saturated rings. The Labute approximate surface area is 136 Å². The van der Waals surface area contributed by atoms with Crippen molar-refractivity contribution in [1.82, 2.24) is 4.90 Å². The van der Waals surface area contributed by atoms with Crippen LogP contribution in [0.2, 0.25) is 0 Å². The fourth-order valence-corrected chi connectivity index (χ4v) is 3.44. The van der Waals surface area contributed by atoms with Crippen LogP contribution in [0.25, 0.3) is 0 Å². The van der Waals surface area contributed by atoms with E-state index in [0.29, 0.717) is 6.54 Å². The number of aryl methyl sites for hydroxylation is 1. The largest absolute Gasteiger partial charge is 0.395 e. The molecule has 0 saturated heterocycles. The number of carbonyl (C=O) groups is 1. The first-order chi connectivity index (χ1) is 9.35. The molecule has 0 atom stereocenters. The molecule has 0 bridgehead atoms. The number of hydrogen-bond acceptors (Lipinski definition) is 3. The number of benzene rings is 1. The Morgan fingerprint density at radius 2 is 1.90 bits per heavy atom. The van der Waals surface area contributed by atoms with E-state index in [1.54, 1.807) is 0 Å². The van der Waals surface area contributed by atoms with Crippen molar-refractivity contribution in [3.05, 3.63) is 26.6 Å². The molecule has 0 aliphatic carbocycles. The summed E-state index contributed by atoms with van der Waals surface area (Å²) in [6, 6.07) is 4.11. The van der Waals surface area contributed by atoms with E-state index < -0.39 is 0 Å². The summed E-state index contributed by atoms with van der Waals surface area (Å²) >= 11 is 6.91. The lowest BCUT2D eigenvalue weighted by Crippen LogP contribution is -2.39. The van der Waals surface area contributed by atoms with E-state index in [4.69, 9.17) is 5.11 Å². The highest BCUT2D eigenvalue weighted by Crippen LogP contribution is 2.32. The van der Waals surface area contributed by atoms with Gasteiger partial charge in [0.2, 0.25) is 5.91 Å². The maximum absolute atomic E-state index is 12.1. The minimum atomic E-state index is -0.0996. The zero-order chi connectivity index (χ0) is 15.3. The van der Waals surface area contributed by atoms with Gasteiger partial charge in [0, 0.05) is 21.5 Å². The summed E-state index contributed by atoms with van der Waals surface area (Å²) in [5.41, 5.74) is 1.83. The maximum Gasteiger partial charge on any atom is 0.238 e. The predicted molar refractivity (Wildman–Crippen MR) is 89.0 cm³/mol. The fourth-order valence-electron chi connectivity index (χ4n) is 1.83. The lowest BCUT2D eigenvalue weighted by molar-refractivity contribution is -0.117. The number of aliphatic hydroxyl groups excluding tert-OH is 1. The molecule has 0 aliphatic rings. The van der Waals surface area contributed by atoms with Crippen LogP contribution < -0.4 is 5.32 Å². The maximum atomic E-state index is 12.1. The molecule has 2 N–H and O–H groups in total. The normalized spacial score (nSPS) is 11.2. The van der Waals surface area contributed by atoms with Gasteiger partial charge in [-0.15, -0.1) is 0 Å². The molecule has 1 aromatic rings. The number of anilines is 1.